The molecule has 13 heavy (non-hydrogen) atoms. The van der Waals surface area contributed by atoms with Crippen molar-refractivity contribution in [1.29, 1.82) is 0 Å². The smallest absolute Gasteiger partial charge is 0.263 e. The van der Waals surface area contributed by atoms with Crippen LogP contribution in [0.1, 0.15) is 0 Å². The van der Waals surface area contributed by atoms with Crippen LogP contribution in [0.4, 0.5) is 5.69 Å². The molecule has 0 aromatic carbocycles. The minimum Gasteiger partial charge on any atom is -0.263 e. The molecule has 0 aliphatic carbocycles. The van der Waals surface area contributed by atoms with Crippen molar-refractivity contribution >= 4 is 17.4 Å². The van der Waals surface area contributed by atoms with Crippen molar-refractivity contribution < 1.29 is 4.92 Å². The van der Waals surface area contributed by atoms with Crippen LogP contribution in [-0.2, 0) is 0 Å². The van der Waals surface area contributed by atoms with E-state index in [4.69, 9.17) is 0 Å². The van der Waals surface area contributed by atoms with Gasteiger partial charge in [0.1, 0.15) is 4.90 Å². The summed E-state index contributed by atoms with van der Waals surface area (Å²) in [5.74, 6) is 0.645. The molecule has 5 heteroatoms. The van der Waals surface area contributed by atoms with Gasteiger partial charge in [-0.2, -0.15) is 0 Å². The molecule has 0 unspecified atom stereocenters. The van der Waals surface area contributed by atoms with Gasteiger partial charge in [0.25, 0.3) is 5.69 Å². The Morgan fingerprint density at radius 2 is 2.54 bits per heavy atom. The van der Waals surface area contributed by atoms with Gasteiger partial charge < -0.3 is 0 Å². The van der Waals surface area contributed by atoms with Gasteiger partial charge in [-0.15, -0.1) is 18.3 Å². The van der Waals surface area contributed by atoms with Crippen molar-refractivity contribution in [2.24, 2.45) is 0 Å². The quantitative estimate of drug-likeness (QED) is 0.321. The minimum atomic E-state index is -0.410. The van der Waals surface area contributed by atoms with Crippen LogP contribution in [0.3, 0.4) is 0 Å². The number of aromatic nitrogens is 1. The first kappa shape index (κ1) is 9.73. The fraction of sp³-hybridized carbons (Fsp3) is 0.125. The number of pyridine rings is 1. The number of rotatable bonds is 4. The van der Waals surface area contributed by atoms with Crippen LogP contribution >= 0.6 is 11.8 Å². The van der Waals surface area contributed by atoms with Gasteiger partial charge in [-0.05, 0) is 0 Å². The lowest BCUT2D eigenvalue weighted by Crippen LogP contribution is -1.91. The van der Waals surface area contributed by atoms with Crippen LogP contribution in [0, 0.1) is 10.1 Å². The van der Waals surface area contributed by atoms with Crippen LogP contribution in [0.5, 0.6) is 0 Å². The van der Waals surface area contributed by atoms with E-state index in [-0.39, 0.29) is 5.69 Å². The number of nitrogens with zero attached hydrogens (tertiary/aromatic N) is 2. The normalized spacial score (nSPS) is 9.54. The van der Waals surface area contributed by atoms with Crippen molar-refractivity contribution in [2.75, 3.05) is 5.75 Å². The van der Waals surface area contributed by atoms with Gasteiger partial charge >= 0.3 is 0 Å². The SMILES string of the molecule is C=CCSc1cnccc1[N+](=O)[O-]. The molecule has 1 aromatic heterocycles. The number of hydrogen-bond acceptors (Lipinski definition) is 4. The predicted octanol–water partition coefficient (Wildman–Crippen LogP) is 2.27. The van der Waals surface area contributed by atoms with E-state index in [2.05, 4.69) is 11.6 Å². The molecule has 0 bridgehead atoms. The Bertz CT molecular complexity index is 328. The monoisotopic (exact) mass is 196 g/mol. The molecule has 0 atom stereocenters. The molecular weight excluding hydrogens is 188 g/mol. The summed E-state index contributed by atoms with van der Waals surface area (Å²) in [4.78, 5) is 14.5. The summed E-state index contributed by atoms with van der Waals surface area (Å²) in [5, 5.41) is 10.5. The Hall–Kier alpha value is -1.36. The Morgan fingerprint density at radius 3 is 3.15 bits per heavy atom. The van der Waals surface area contributed by atoms with Crippen molar-refractivity contribution in [3.05, 3.63) is 41.2 Å². The van der Waals surface area contributed by atoms with Crippen molar-refractivity contribution in [3.8, 4) is 0 Å². The first-order valence-electron chi connectivity index (χ1n) is 3.58. The summed E-state index contributed by atoms with van der Waals surface area (Å²) in [7, 11) is 0. The molecule has 1 heterocycles. The zero-order valence-electron chi connectivity index (χ0n) is 6.84. The Morgan fingerprint density at radius 1 is 1.77 bits per heavy atom. The zero-order valence-corrected chi connectivity index (χ0v) is 7.66. The van der Waals surface area contributed by atoms with Crippen LogP contribution in [0.15, 0.2) is 36.0 Å². The minimum absolute atomic E-state index is 0.0989. The number of nitro groups is 1. The van der Waals surface area contributed by atoms with E-state index in [1.54, 1.807) is 6.08 Å². The molecule has 0 spiro atoms. The lowest BCUT2D eigenvalue weighted by atomic mass is 10.4. The van der Waals surface area contributed by atoms with E-state index in [1.807, 2.05) is 0 Å². The van der Waals surface area contributed by atoms with Crippen molar-refractivity contribution in [1.82, 2.24) is 4.98 Å². The molecule has 4 nitrogen and oxygen atoms in total. The van der Waals surface area contributed by atoms with E-state index in [0.717, 1.165) is 0 Å². The van der Waals surface area contributed by atoms with Crippen LogP contribution < -0.4 is 0 Å². The molecule has 0 aliphatic rings. The van der Waals surface area contributed by atoms with E-state index in [9.17, 15) is 10.1 Å². The zero-order chi connectivity index (χ0) is 9.68. The third-order valence-corrected chi connectivity index (χ3v) is 2.34. The average molecular weight is 196 g/mol. The molecule has 1 rings (SSSR count). The van der Waals surface area contributed by atoms with E-state index in [0.29, 0.717) is 10.6 Å². The highest BCUT2D eigenvalue weighted by molar-refractivity contribution is 7.99. The lowest BCUT2D eigenvalue weighted by Gasteiger charge is -1.98. The second-order valence-electron chi connectivity index (χ2n) is 2.20. The second-order valence-corrected chi connectivity index (χ2v) is 3.26. The van der Waals surface area contributed by atoms with Crippen molar-refractivity contribution in [3.63, 3.8) is 0 Å². The van der Waals surface area contributed by atoms with E-state index < -0.39 is 4.92 Å². The van der Waals surface area contributed by atoms with Gasteiger partial charge in [0.05, 0.1) is 4.92 Å². The largest absolute Gasteiger partial charge is 0.285 e. The maximum Gasteiger partial charge on any atom is 0.285 e. The summed E-state index contributed by atoms with van der Waals surface area (Å²) >= 11 is 1.35. The Kier molecular flexibility index (Phi) is 3.45. The molecule has 0 radical (unpaired) electrons. The molecule has 0 saturated heterocycles. The third-order valence-electron chi connectivity index (χ3n) is 1.32. The van der Waals surface area contributed by atoms with Crippen molar-refractivity contribution in [2.45, 2.75) is 4.90 Å². The highest BCUT2D eigenvalue weighted by Crippen LogP contribution is 2.27. The Balaban J connectivity index is 2.90. The van der Waals surface area contributed by atoms with Gasteiger partial charge in [0.15, 0.2) is 0 Å². The maximum absolute atomic E-state index is 10.5. The topological polar surface area (TPSA) is 56.0 Å². The summed E-state index contributed by atoms with van der Waals surface area (Å²) < 4.78 is 0. The van der Waals surface area contributed by atoms with E-state index in [1.165, 1.54) is 30.2 Å². The fourth-order valence-electron chi connectivity index (χ4n) is 0.783. The number of hydrogen-bond donors (Lipinski definition) is 0. The van der Waals surface area contributed by atoms with Gasteiger partial charge in [-0.3, -0.25) is 15.1 Å². The lowest BCUT2D eigenvalue weighted by molar-refractivity contribution is -0.387. The van der Waals surface area contributed by atoms with E-state index >= 15 is 0 Å². The standard InChI is InChI=1S/C8H8N2O2S/c1-2-5-13-8-6-9-4-3-7(8)10(11)12/h2-4,6H,1,5H2. The van der Waals surface area contributed by atoms with Gasteiger partial charge in [-0.25, -0.2) is 0 Å². The molecule has 0 amide bonds. The maximum atomic E-state index is 10.5. The number of thioether (sulfide) groups is 1. The molecule has 0 N–H and O–H groups in total. The predicted molar refractivity (Wildman–Crippen MR) is 51.8 cm³/mol. The molecule has 1 aromatic rings. The van der Waals surface area contributed by atoms with Crippen LogP contribution in [0.25, 0.3) is 0 Å². The summed E-state index contributed by atoms with van der Waals surface area (Å²) in [6, 6.07) is 1.39. The highest BCUT2D eigenvalue weighted by Gasteiger charge is 2.12. The molecule has 0 aliphatic heterocycles. The fourth-order valence-corrected chi connectivity index (χ4v) is 1.51. The van der Waals surface area contributed by atoms with Gasteiger partial charge in [0, 0.05) is 24.2 Å². The first-order valence-corrected chi connectivity index (χ1v) is 4.56. The summed E-state index contributed by atoms with van der Waals surface area (Å²) in [5.41, 5.74) is 0.0989. The van der Waals surface area contributed by atoms with Gasteiger partial charge in [-0.1, -0.05) is 6.08 Å². The molecule has 0 fully saturated rings. The average Bonchev–Trinajstić information content (AvgIpc) is 2.15. The summed E-state index contributed by atoms with van der Waals surface area (Å²) in [6.07, 6.45) is 4.60. The third kappa shape index (κ3) is 2.55. The molecule has 0 saturated carbocycles. The molecular formula is C8H8N2O2S. The first-order chi connectivity index (χ1) is 6.25. The second kappa shape index (κ2) is 4.61. The molecule has 68 valence electrons. The Labute approximate surface area is 79.8 Å². The van der Waals surface area contributed by atoms with Gasteiger partial charge in [0.2, 0.25) is 0 Å². The highest BCUT2D eigenvalue weighted by atomic mass is 32.2. The van der Waals surface area contributed by atoms with Crippen LogP contribution in [-0.4, -0.2) is 15.7 Å². The van der Waals surface area contributed by atoms with Crippen LogP contribution in [0.2, 0.25) is 0 Å². The summed E-state index contributed by atoms with van der Waals surface area (Å²) in [6.45, 7) is 3.54.